The Hall–Kier alpha value is -2.46. The van der Waals surface area contributed by atoms with E-state index in [2.05, 4.69) is 17.0 Å². The van der Waals surface area contributed by atoms with Crippen LogP contribution in [-0.2, 0) is 16.1 Å². The number of carbonyl (C=O) groups excluding carboxylic acids is 2. The molecular formula is C21H22N2O2. The van der Waals surface area contributed by atoms with E-state index in [0.717, 1.165) is 24.9 Å². The second-order valence-corrected chi connectivity index (χ2v) is 7.01. The highest BCUT2D eigenvalue weighted by atomic mass is 16.2. The van der Waals surface area contributed by atoms with E-state index in [-0.39, 0.29) is 24.3 Å². The maximum Gasteiger partial charge on any atom is 0.251 e. The van der Waals surface area contributed by atoms with Gasteiger partial charge in [0.15, 0.2) is 0 Å². The van der Waals surface area contributed by atoms with Gasteiger partial charge in [0, 0.05) is 12.6 Å². The number of aryl methyl sites for hydroxylation is 1. The Morgan fingerprint density at radius 2 is 1.68 bits per heavy atom. The highest BCUT2D eigenvalue weighted by molar-refractivity contribution is 6.22. The molecule has 1 unspecified atom stereocenters. The van der Waals surface area contributed by atoms with E-state index in [1.54, 1.807) is 0 Å². The molecule has 0 N–H and O–H groups in total. The number of benzene rings is 2. The lowest BCUT2D eigenvalue weighted by Crippen LogP contribution is -2.43. The maximum atomic E-state index is 13.0. The second-order valence-electron chi connectivity index (χ2n) is 7.01. The first-order chi connectivity index (χ1) is 12.1. The van der Waals surface area contributed by atoms with Gasteiger partial charge in [-0.3, -0.25) is 14.5 Å². The van der Waals surface area contributed by atoms with Crippen molar-refractivity contribution in [3.8, 4) is 0 Å². The minimum Gasteiger partial charge on any atom is -0.284 e. The first-order valence-electron chi connectivity index (χ1n) is 8.86. The summed E-state index contributed by atoms with van der Waals surface area (Å²) in [6.07, 6.45) is 2.49. The molecule has 0 spiro atoms. The standard InChI is InChI=1S/C21H22N2O2/c1-15-7-9-18(10-8-15)23-20(24)13-19(21(23)25)22(17-11-12-17)14-16-5-3-2-4-6-16/h2-10,17,19H,11-14H2,1H3. The first kappa shape index (κ1) is 16.0. The summed E-state index contributed by atoms with van der Waals surface area (Å²) in [7, 11) is 0. The van der Waals surface area contributed by atoms with Crippen molar-refractivity contribution in [2.75, 3.05) is 4.90 Å². The average Bonchev–Trinajstić information content (AvgIpc) is 3.41. The van der Waals surface area contributed by atoms with Gasteiger partial charge in [0.2, 0.25) is 5.91 Å². The molecule has 1 atom stereocenters. The molecule has 2 aromatic carbocycles. The third-order valence-electron chi connectivity index (χ3n) is 5.04. The predicted octanol–water partition coefficient (Wildman–Crippen LogP) is 3.29. The number of rotatable bonds is 5. The fourth-order valence-corrected chi connectivity index (χ4v) is 3.53. The minimum atomic E-state index is -0.346. The van der Waals surface area contributed by atoms with Crippen LogP contribution in [0.4, 0.5) is 5.69 Å². The number of amides is 2. The van der Waals surface area contributed by atoms with Gasteiger partial charge in [0.25, 0.3) is 5.91 Å². The molecule has 1 saturated carbocycles. The Morgan fingerprint density at radius 1 is 1.00 bits per heavy atom. The van der Waals surface area contributed by atoms with Gasteiger partial charge < -0.3 is 0 Å². The van der Waals surface area contributed by atoms with Crippen LogP contribution in [0.2, 0.25) is 0 Å². The Labute approximate surface area is 148 Å². The van der Waals surface area contributed by atoms with Crippen molar-refractivity contribution >= 4 is 17.5 Å². The lowest BCUT2D eigenvalue weighted by molar-refractivity contribution is -0.123. The lowest BCUT2D eigenvalue weighted by atomic mass is 10.1. The zero-order valence-corrected chi connectivity index (χ0v) is 14.4. The SMILES string of the molecule is Cc1ccc(N2C(=O)CC(N(Cc3ccccc3)C3CC3)C2=O)cc1. The Kier molecular flexibility index (Phi) is 4.14. The summed E-state index contributed by atoms with van der Waals surface area (Å²) in [6.45, 7) is 2.71. The first-order valence-corrected chi connectivity index (χ1v) is 8.86. The summed E-state index contributed by atoms with van der Waals surface area (Å²) in [4.78, 5) is 29.2. The summed E-state index contributed by atoms with van der Waals surface area (Å²) in [5, 5.41) is 0. The highest BCUT2D eigenvalue weighted by Crippen LogP contribution is 2.35. The zero-order valence-electron chi connectivity index (χ0n) is 14.4. The van der Waals surface area contributed by atoms with Crippen molar-refractivity contribution in [3.63, 3.8) is 0 Å². The van der Waals surface area contributed by atoms with Gasteiger partial charge >= 0.3 is 0 Å². The molecule has 2 fully saturated rings. The van der Waals surface area contributed by atoms with E-state index in [1.165, 1.54) is 10.5 Å². The summed E-state index contributed by atoms with van der Waals surface area (Å²) in [6, 6.07) is 17.8. The summed E-state index contributed by atoms with van der Waals surface area (Å²) >= 11 is 0. The van der Waals surface area contributed by atoms with E-state index >= 15 is 0 Å². The van der Waals surface area contributed by atoms with Crippen LogP contribution in [0, 0.1) is 6.92 Å². The van der Waals surface area contributed by atoms with Crippen LogP contribution in [0.3, 0.4) is 0 Å². The van der Waals surface area contributed by atoms with Crippen molar-refractivity contribution < 1.29 is 9.59 Å². The molecule has 4 rings (SSSR count). The van der Waals surface area contributed by atoms with E-state index < -0.39 is 0 Å². The van der Waals surface area contributed by atoms with Gasteiger partial charge in [-0.2, -0.15) is 0 Å². The highest BCUT2D eigenvalue weighted by Gasteiger charge is 2.46. The van der Waals surface area contributed by atoms with Gasteiger partial charge in [-0.25, -0.2) is 4.90 Å². The number of nitrogens with zero attached hydrogens (tertiary/aromatic N) is 2. The van der Waals surface area contributed by atoms with E-state index in [0.29, 0.717) is 11.7 Å². The monoisotopic (exact) mass is 334 g/mol. The van der Waals surface area contributed by atoms with E-state index in [9.17, 15) is 9.59 Å². The molecule has 1 saturated heterocycles. The molecule has 2 aromatic rings. The van der Waals surface area contributed by atoms with Crippen LogP contribution in [0.15, 0.2) is 54.6 Å². The predicted molar refractivity (Wildman–Crippen MR) is 97.1 cm³/mol. The molecule has 4 heteroatoms. The van der Waals surface area contributed by atoms with Crippen molar-refractivity contribution in [2.45, 2.75) is 44.8 Å². The second kappa shape index (κ2) is 6.45. The topological polar surface area (TPSA) is 40.6 Å². The number of hydrogen-bond donors (Lipinski definition) is 0. The van der Waals surface area contributed by atoms with Gasteiger partial charge in [-0.1, -0.05) is 48.0 Å². The summed E-state index contributed by atoms with van der Waals surface area (Å²) in [5.74, 6) is -0.186. The van der Waals surface area contributed by atoms with Crippen molar-refractivity contribution in [1.29, 1.82) is 0 Å². The van der Waals surface area contributed by atoms with Crippen molar-refractivity contribution in [3.05, 3.63) is 65.7 Å². The molecular weight excluding hydrogens is 312 g/mol. The molecule has 25 heavy (non-hydrogen) atoms. The third kappa shape index (κ3) is 3.22. The van der Waals surface area contributed by atoms with Gasteiger partial charge in [-0.05, 0) is 37.5 Å². The smallest absolute Gasteiger partial charge is 0.251 e. The van der Waals surface area contributed by atoms with E-state index in [4.69, 9.17) is 0 Å². The molecule has 2 aliphatic rings. The van der Waals surface area contributed by atoms with Crippen LogP contribution in [0.25, 0.3) is 0 Å². The Morgan fingerprint density at radius 3 is 2.32 bits per heavy atom. The number of carbonyl (C=O) groups is 2. The molecule has 2 amide bonds. The largest absolute Gasteiger partial charge is 0.284 e. The number of imide groups is 1. The Balaban J connectivity index is 1.58. The van der Waals surface area contributed by atoms with Gasteiger partial charge in [0.1, 0.15) is 0 Å². The number of hydrogen-bond acceptors (Lipinski definition) is 3. The van der Waals surface area contributed by atoms with Crippen molar-refractivity contribution in [1.82, 2.24) is 4.90 Å². The third-order valence-corrected chi connectivity index (χ3v) is 5.04. The molecule has 0 bridgehead atoms. The summed E-state index contributed by atoms with van der Waals surface area (Å²) < 4.78 is 0. The van der Waals surface area contributed by atoms with Crippen LogP contribution in [0.5, 0.6) is 0 Å². The quantitative estimate of drug-likeness (QED) is 0.788. The molecule has 1 heterocycles. The van der Waals surface area contributed by atoms with Crippen LogP contribution >= 0.6 is 0 Å². The molecule has 4 nitrogen and oxygen atoms in total. The van der Waals surface area contributed by atoms with Gasteiger partial charge in [-0.15, -0.1) is 0 Å². The molecule has 0 aromatic heterocycles. The van der Waals surface area contributed by atoms with Crippen LogP contribution in [-0.4, -0.2) is 28.8 Å². The van der Waals surface area contributed by atoms with Crippen molar-refractivity contribution in [2.24, 2.45) is 0 Å². The fourth-order valence-electron chi connectivity index (χ4n) is 3.53. The maximum absolute atomic E-state index is 13.0. The average molecular weight is 334 g/mol. The van der Waals surface area contributed by atoms with Crippen LogP contribution < -0.4 is 4.90 Å². The zero-order chi connectivity index (χ0) is 17.4. The molecule has 0 radical (unpaired) electrons. The minimum absolute atomic E-state index is 0.0864. The van der Waals surface area contributed by atoms with E-state index in [1.807, 2.05) is 49.4 Å². The summed E-state index contributed by atoms with van der Waals surface area (Å²) in [5.41, 5.74) is 2.98. The fraction of sp³-hybridized carbons (Fsp3) is 0.333. The Bertz CT molecular complexity index is 781. The van der Waals surface area contributed by atoms with Gasteiger partial charge in [0.05, 0.1) is 18.2 Å². The molecule has 128 valence electrons. The van der Waals surface area contributed by atoms with Crippen LogP contribution in [0.1, 0.15) is 30.4 Å². The number of anilines is 1. The molecule has 1 aliphatic carbocycles. The lowest BCUT2D eigenvalue weighted by Gasteiger charge is -2.27. The molecule has 1 aliphatic heterocycles. The normalized spacial score (nSPS) is 20.6.